The minimum absolute atomic E-state index is 0.00494. The Balaban J connectivity index is 1.48. The van der Waals surface area contributed by atoms with Gasteiger partial charge >= 0.3 is 0 Å². The van der Waals surface area contributed by atoms with Gasteiger partial charge in [0.25, 0.3) is 0 Å². The van der Waals surface area contributed by atoms with Crippen molar-refractivity contribution in [1.82, 2.24) is 19.9 Å². The van der Waals surface area contributed by atoms with Crippen molar-refractivity contribution in [2.75, 3.05) is 4.90 Å². The summed E-state index contributed by atoms with van der Waals surface area (Å²) >= 11 is 0. The number of nitriles is 1. The lowest BCUT2D eigenvalue weighted by Gasteiger charge is -2.28. The van der Waals surface area contributed by atoms with Crippen LogP contribution >= 0.6 is 0 Å². The molecule has 0 fully saturated rings. The van der Waals surface area contributed by atoms with Crippen LogP contribution in [0.4, 0.5) is 5.69 Å². The molecule has 204 valence electrons. The number of sulfonamides is 1. The zero-order valence-electron chi connectivity index (χ0n) is 21.8. The number of amides is 1. The summed E-state index contributed by atoms with van der Waals surface area (Å²) in [7, 11) is -3.84. The quantitative estimate of drug-likeness (QED) is 0.261. The monoisotopic (exact) mass is 563 g/mol. The van der Waals surface area contributed by atoms with Gasteiger partial charge in [0.15, 0.2) is 0 Å². The largest absolute Gasteiger partial charge is 0.348 e. The molecule has 3 aromatic carbocycles. The Morgan fingerprint density at radius 3 is 2.02 bits per heavy atom. The molecule has 1 aliphatic heterocycles. The lowest BCUT2D eigenvalue weighted by Crippen LogP contribution is -2.43. The molecule has 2 aromatic heterocycles. The first-order valence-electron chi connectivity index (χ1n) is 12.8. The molecule has 0 aliphatic carbocycles. The highest BCUT2D eigenvalue weighted by molar-refractivity contribution is 7.89. The van der Waals surface area contributed by atoms with Crippen molar-refractivity contribution in [3.63, 3.8) is 0 Å². The number of imidazole rings is 2. The molecule has 1 amide bonds. The van der Waals surface area contributed by atoms with Gasteiger partial charge in [0.1, 0.15) is 0 Å². The van der Waals surface area contributed by atoms with Crippen LogP contribution in [0, 0.1) is 11.3 Å². The number of rotatable bonds is 8. The van der Waals surface area contributed by atoms with Crippen molar-refractivity contribution < 1.29 is 13.2 Å². The minimum atomic E-state index is -3.84. The number of benzene rings is 3. The molecule has 0 saturated carbocycles. The average Bonchev–Trinajstić information content (AvgIpc) is 3.73. The smallest absolute Gasteiger partial charge is 0.238 e. The highest BCUT2D eigenvalue weighted by Gasteiger charge is 2.51. The van der Waals surface area contributed by atoms with Crippen molar-refractivity contribution in [3.05, 3.63) is 120 Å². The Labute approximate surface area is 236 Å². The summed E-state index contributed by atoms with van der Waals surface area (Å²) < 4.78 is 23.6. The summed E-state index contributed by atoms with van der Waals surface area (Å²) in [6.45, 7) is 0.223. The summed E-state index contributed by atoms with van der Waals surface area (Å²) in [5.41, 5.74) is 5.42. The summed E-state index contributed by atoms with van der Waals surface area (Å²) in [5.74, 6) is -0.0933. The van der Waals surface area contributed by atoms with E-state index in [1.165, 1.54) is 12.1 Å². The molecule has 6 rings (SSSR count). The number of hydrogen-bond donors (Lipinski definition) is 3. The average molecular weight is 564 g/mol. The van der Waals surface area contributed by atoms with Crippen LogP contribution in [0.3, 0.4) is 0 Å². The van der Waals surface area contributed by atoms with Gasteiger partial charge < -0.3 is 14.9 Å². The van der Waals surface area contributed by atoms with Crippen LogP contribution in [0.2, 0.25) is 0 Å². The number of nitrogens with two attached hydrogens (primary N) is 1. The van der Waals surface area contributed by atoms with Crippen LogP contribution < -0.4 is 10.0 Å². The maximum absolute atomic E-state index is 14.6. The number of hydrogen-bond acceptors (Lipinski definition) is 6. The second kappa shape index (κ2) is 10.2. The number of aromatic amines is 2. The minimum Gasteiger partial charge on any atom is -0.348 e. The van der Waals surface area contributed by atoms with E-state index in [-0.39, 0.29) is 17.3 Å². The van der Waals surface area contributed by atoms with E-state index in [1.807, 2.05) is 30.3 Å². The van der Waals surface area contributed by atoms with Gasteiger partial charge in [-0.3, -0.25) is 4.79 Å². The second-order valence-corrected chi connectivity index (χ2v) is 11.7. The molecule has 0 spiro atoms. The number of carbonyl (C=O) groups is 1. The number of primary sulfonamides is 1. The zero-order valence-corrected chi connectivity index (χ0v) is 22.6. The molecule has 0 radical (unpaired) electrons. The van der Waals surface area contributed by atoms with E-state index in [0.29, 0.717) is 18.4 Å². The Morgan fingerprint density at radius 2 is 1.49 bits per heavy atom. The van der Waals surface area contributed by atoms with E-state index >= 15 is 0 Å². The molecule has 41 heavy (non-hydrogen) atoms. The Hall–Kier alpha value is -5.05. The van der Waals surface area contributed by atoms with Crippen molar-refractivity contribution in [2.24, 2.45) is 5.14 Å². The van der Waals surface area contributed by atoms with E-state index in [9.17, 15) is 18.5 Å². The van der Waals surface area contributed by atoms with Gasteiger partial charge in [-0.05, 0) is 52.6 Å². The molecular formula is C30H25N7O3S. The van der Waals surface area contributed by atoms with Crippen LogP contribution in [0.5, 0.6) is 0 Å². The van der Waals surface area contributed by atoms with E-state index in [0.717, 1.165) is 39.3 Å². The van der Waals surface area contributed by atoms with E-state index in [1.54, 1.807) is 54.2 Å². The Morgan fingerprint density at radius 1 is 0.878 bits per heavy atom. The lowest BCUT2D eigenvalue weighted by atomic mass is 9.74. The molecule has 3 heterocycles. The first-order chi connectivity index (χ1) is 19.8. The van der Waals surface area contributed by atoms with Gasteiger partial charge in [0.2, 0.25) is 15.9 Å². The molecule has 10 nitrogen and oxygen atoms in total. The van der Waals surface area contributed by atoms with Gasteiger partial charge in [-0.1, -0.05) is 36.4 Å². The molecule has 1 aliphatic rings. The molecule has 0 unspecified atom stereocenters. The number of nitrogens with one attached hydrogen (secondary N) is 2. The third-order valence-corrected chi connectivity index (χ3v) is 8.42. The number of aromatic nitrogens is 4. The second-order valence-electron chi connectivity index (χ2n) is 10.1. The van der Waals surface area contributed by atoms with E-state index in [4.69, 9.17) is 5.14 Å². The molecule has 11 heteroatoms. The third-order valence-electron chi connectivity index (χ3n) is 7.49. The van der Waals surface area contributed by atoms with Gasteiger partial charge in [0, 0.05) is 42.3 Å². The summed E-state index contributed by atoms with van der Waals surface area (Å²) in [6, 6.07) is 21.6. The molecule has 4 N–H and O–H groups in total. The van der Waals surface area contributed by atoms with Crippen LogP contribution in [-0.4, -0.2) is 34.3 Å². The van der Waals surface area contributed by atoms with E-state index < -0.39 is 15.4 Å². The normalized spacial score (nSPS) is 14.1. The number of anilines is 1. The predicted molar refractivity (Wildman–Crippen MR) is 152 cm³/mol. The third kappa shape index (κ3) is 4.91. The molecule has 0 saturated heterocycles. The Kier molecular flexibility index (Phi) is 6.49. The SMILES string of the molecule is N#Cc1ccc(-c2ccc3c(c2)N(Cc2ccc(S(N)(=O)=O)cc2)C(=O)C3(Cc2cnc[nH]2)Cc2cnc[nH]2)cc1. The first-order valence-corrected chi connectivity index (χ1v) is 14.3. The van der Waals surface area contributed by atoms with Crippen molar-refractivity contribution in [2.45, 2.75) is 29.7 Å². The fourth-order valence-electron chi connectivity index (χ4n) is 5.50. The summed E-state index contributed by atoms with van der Waals surface area (Å²) in [5, 5.41) is 14.5. The summed E-state index contributed by atoms with van der Waals surface area (Å²) in [6.07, 6.45) is 7.41. The van der Waals surface area contributed by atoms with Crippen LogP contribution in [0.15, 0.2) is 96.7 Å². The fourth-order valence-corrected chi connectivity index (χ4v) is 6.02. The maximum Gasteiger partial charge on any atom is 0.238 e. The van der Waals surface area contributed by atoms with E-state index in [2.05, 4.69) is 26.0 Å². The number of nitrogens with zero attached hydrogens (tertiary/aromatic N) is 4. The maximum atomic E-state index is 14.6. The highest BCUT2D eigenvalue weighted by Crippen LogP contribution is 2.47. The fraction of sp³-hybridized carbons (Fsp3) is 0.133. The zero-order chi connectivity index (χ0) is 28.6. The predicted octanol–water partition coefficient (Wildman–Crippen LogP) is 3.59. The lowest BCUT2D eigenvalue weighted by molar-refractivity contribution is -0.123. The van der Waals surface area contributed by atoms with Crippen molar-refractivity contribution >= 4 is 21.6 Å². The van der Waals surface area contributed by atoms with Crippen LogP contribution in [-0.2, 0) is 39.6 Å². The standard InChI is InChI=1S/C30H25N7O3S/c31-14-20-1-5-22(6-2-20)23-7-10-27-28(11-23)37(17-21-3-8-26(9-4-21)41(32,39)40)29(38)30(27,12-24-15-33-18-35-24)13-25-16-34-19-36-25/h1-11,15-16,18-19H,12-13,17H2,(H,33,35)(H,34,36)(H2,32,39,40). The number of carbonyl (C=O) groups excluding carboxylic acids is 1. The highest BCUT2D eigenvalue weighted by atomic mass is 32.2. The van der Waals surface area contributed by atoms with Crippen molar-refractivity contribution in [1.29, 1.82) is 5.26 Å². The summed E-state index contributed by atoms with van der Waals surface area (Å²) in [4.78, 5) is 31.0. The van der Waals surface area contributed by atoms with Gasteiger partial charge in [-0.15, -0.1) is 0 Å². The molecule has 5 aromatic rings. The number of H-pyrrole nitrogens is 2. The van der Waals surface area contributed by atoms with Gasteiger partial charge in [-0.25, -0.2) is 23.5 Å². The van der Waals surface area contributed by atoms with Gasteiger partial charge in [0.05, 0.1) is 41.1 Å². The number of fused-ring (bicyclic) bond motifs is 1. The molecular weight excluding hydrogens is 538 g/mol. The Bertz CT molecular complexity index is 1820. The first kappa shape index (κ1) is 26.2. The van der Waals surface area contributed by atoms with Crippen LogP contribution in [0.1, 0.15) is 28.1 Å². The topological polar surface area (TPSA) is 162 Å². The van der Waals surface area contributed by atoms with Crippen molar-refractivity contribution in [3.8, 4) is 17.2 Å². The van der Waals surface area contributed by atoms with Gasteiger partial charge in [-0.2, -0.15) is 5.26 Å². The molecule has 0 bridgehead atoms. The van der Waals surface area contributed by atoms with Crippen LogP contribution in [0.25, 0.3) is 11.1 Å². The molecule has 0 atom stereocenters.